The zero-order chi connectivity index (χ0) is 12.1. The lowest BCUT2D eigenvalue weighted by Crippen LogP contribution is -2.30. The first-order valence-electron chi connectivity index (χ1n) is 6.44. The lowest BCUT2D eigenvalue weighted by Gasteiger charge is -2.29. The van der Waals surface area contributed by atoms with Crippen LogP contribution in [-0.4, -0.2) is 25.5 Å². The van der Waals surface area contributed by atoms with Crippen LogP contribution in [0.1, 0.15) is 36.5 Å². The summed E-state index contributed by atoms with van der Waals surface area (Å²) in [6.07, 6.45) is 3.84. The topological polar surface area (TPSA) is 32.3 Å². The highest BCUT2D eigenvalue weighted by Crippen LogP contribution is 2.20. The number of nitrogens with one attached hydrogen (secondary N) is 1. The molecule has 1 aromatic rings. The Morgan fingerprint density at radius 1 is 1.29 bits per heavy atom. The van der Waals surface area contributed by atoms with Gasteiger partial charge in [0.25, 0.3) is 5.91 Å². The summed E-state index contributed by atoms with van der Waals surface area (Å²) in [6.45, 7) is 4.83. The molecule has 0 unspecified atom stereocenters. The number of amides is 1. The highest BCUT2D eigenvalue weighted by atomic mass is 16.1. The van der Waals surface area contributed by atoms with Crippen molar-refractivity contribution >= 4 is 11.6 Å². The fourth-order valence-electron chi connectivity index (χ4n) is 2.26. The number of anilines is 1. The first kappa shape index (κ1) is 12.0. The molecule has 1 aromatic carbocycles. The summed E-state index contributed by atoms with van der Waals surface area (Å²) in [4.78, 5) is 14.1. The molecule has 1 N–H and O–H groups in total. The van der Waals surface area contributed by atoms with E-state index in [9.17, 15) is 4.79 Å². The number of nitrogens with zero attached hydrogens (tertiary/aromatic N) is 1. The van der Waals surface area contributed by atoms with Gasteiger partial charge in [-0.05, 0) is 44.4 Å². The molecule has 0 aromatic heterocycles. The summed E-state index contributed by atoms with van der Waals surface area (Å²) >= 11 is 0. The third kappa shape index (κ3) is 2.99. The normalized spacial score (nSPS) is 15.7. The first-order valence-corrected chi connectivity index (χ1v) is 6.44. The molecule has 0 saturated carbocycles. The first-order chi connectivity index (χ1) is 8.31. The molecule has 3 nitrogen and oxygen atoms in total. The highest BCUT2D eigenvalue weighted by molar-refractivity contribution is 5.95. The van der Waals surface area contributed by atoms with Gasteiger partial charge in [-0.3, -0.25) is 4.79 Å². The minimum Gasteiger partial charge on any atom is -0.372 e. The Hall–Kier alpha value is -1.51. The molecule has 3 heteroatoms. The molecule has 0 radical (unpaired) electrons. The largest absolute Gasteiger partial charge is 0.372 e. The van der Waals surface area contributed by atoms with Crippen molar-refractivity contribution in [2.24, 2.45) is 0 Å². The summed E-state index contributed by atoms with van der Waals surface area (Å²) in [5.41, 5.74) is 1.93. The average molecular weight is 232 g/mol. The maximum Gasteiger partial charge on any atom is 0.251 e. The second-order valence-corrected chi connectivity index (χ2v) is 4.46. The third-order valence-electron chi connectivity index (χ3n) is 3.17. The molecular weight excluding hydrogens is 212 g/mol. The van der Waals surface area contributed by atoms with E-state index in [0.717, 1.165) is 18.7 Å². The van der Waals surface area contributed by atoms with Crippen molar-refractivity contribution in [3.63, 3.8) is 0 Å². The molecule has 0 spiro atoms. The molecule has 17 heavy (non-hydrogen) atoms. The quantitative estimate of drug-likeness (QED) is 0.868. The maximum atomic E-state index is 11.8. The van der Waals surface area contributed by atoms with Crippen LogP contribution < -0.4 is 10.2 Å². The summed E-state index contributed by atoms with van der Waals surface area (Å²) < 4.78 is 0. The fourth-order valence-corrected chi connectivity index (χ4v) is 2.26. The second kappa shape index (κ2) is 5.71. The monoisotopic (exact) mass is 232 g/mol. The van der Waals surface area contributed by atoms with Gasteiger partial charge in [0.2, 0.25) is 0 Å². The van der Waals surface area contributed by atoms with Crippen LogP contribution in [0.5, 0.6) is 0 Å². The fraction of sp³-hybridized carbons (Fsp3) is 0.500. The third-order valence-corrected chi connectivity index (χ3v) is 3.17. The maximum absolute atomic E-state index is 11.8. The second-order valence-electron chi connectivity index (χ2n) is 4.46. The van der Waals surface area contributed by atoms with E-state index in [2.05, 4.69) is 16.3 Å². The Bertz CT molecular complexity index is 384. The highest BCUT2D eigenvalue weighted by Gasteiger charge is 2.12. The molecule has 1 aliphatic rings. The van der Waals surface area contributed by atoms with Gasteiger partial charge in [0, 0.05) is 30.9 Å². The van der Waals surface area contributed by atoms with Crippen LogP contribution in [0.15, 0.2) is 24.3 Å². The van der Waals surface area contributed by atoms with Gasteiger partial charge >= 0.3 is 0 Å². The molecule has 1 saturated heterocycles. The van der Waals surface area contributed by atoms with Crippen LogP contribution in [0.25, 0.3) is 0 Å². The average Bonchev–Trinajstić information content (AvgIpc) is 2.40. The van der Waals surface area contributed by atoms with Gasteiger partial charge in [-0.15, -0.1) is 0 Å². The smallest absolute Gasteiger partial charge is 0.251 e. The van der Waals surface area contributed by atoms with Gasteiger partial charge in [0.15, 0.2) is 0 Å². The predicted molar refractivity (Wildman–Crippen MR) is 70.5 cm³/mol. The van der Waals surface area contributed by atoms with Crippen molar-refractivity contribution in [3.05, 3.63) is 29.8 Å². The summed E-state index contributed by atoms with van der Waals surface area (Å²) in [7, 11) is 0. The Morgan fingerprint density at radius 3 is 2.76 bits per heavy atom. The van der Waals surface area contributed by atoms with Crippen LogP contribution in [-0.2, 0) is 0 Å². The van der Waals surface area contributed by atoms with E-state index >= 15 is 0 Å². The van der Waals surface area contributed by atoms with E-state index in [1.807, 2.05) is 25.1 Å². The lowest BCUT2D eigenvalue weighted by molar-refractivity contribution is 0.0956. The molecule has 1 heterocycles. The van der Waals surface area contributed by atoms with Gasteiger partial charge < -0.3 is 10.2 Å². The van der Waals surface area contributed by atoms with Crippen molar-refractivity contribution in [1.82, 2.24) is 5.32 Å². The van der Waals surface area contributed by atoms with Crippen molar-refractivity contribution in [2.45, 2.75) is 26.2 Å². The van der Waals surface area contributed by atoms with E-state index in [4.69, 9.17) is 0 Å². The van der Waals surface area contributed by atoms with E-state index in [0.29, 0.717) is 6.54 Å². The standard InChI is InChI=1S/C14H20N2O/c1-2-15-14(17)12-7-6-8-13(11-12)16-9-4-3-5-10-16/h6-8,11H,2-5,9-10H2,1H3,(H,15,17). The number of piperidine rings is 1. The van der Waals surface area contributed by atoms with Gasteiger partial charge in [0.05, 0.1) is 0 Å². The number of benzene rings is 1. The number of rotatable bonds is 3. The van der Waals surface area contributed by atoms with Gasteiger partial charge in [-0.1, -0.05) is 6.07 Å². The van der Waals surface area contributed by atoms with Crippen molar-refractivity contribution in [2.75, 3.05) is 24.5 Å². The number of carbonyl (C=O) groups is 1. The molecule has 0 atom stereocenters. The van der Waals surface area contributed by atoms with E-state index in [1.54, 1.807) is 0 Å². The Balaban J connectivity index is 2.12. The molecule has 0 bridgehead atoms. The minimum atomic E-state index is 0.0198. The van der Waals surface area contributed by atoms with Crippen LogP contribution in [0, 0.1) is 0 Å². The van der Waals surface area contributed by atoms with Crippen LogP contribution >= 0.6 is 0 Å². The van der Waals surface area contributed by atoms with Gasteiger partial charge in [-0.2, -0.15) is 0 Å². The number of carbonyl (C=O) groups excluding carboxylic acids is 1. The molecule has 1 fully saturated rings. The van der Waals surface area contributed by atoms with E-state index < -0.39 is 0 Å². The molecule has 1 amide bonds. The molecule has 92 valence electrons. The number of hydrogen-bond donors (Lipinski definition) is 1. The van der Waals surface area contributed by atoms with Gasteiger partial charge in [-0.25, -0.2) is 0 Å². The van der Waals surface area contributed by atoms with Crippen LogP contribution in [0.3, 0.4) is 0 Å². The molecular formula is C14H20N2O. The predicted octanol–water partition coefficient (Wildman–Crippen LogP) is 2.43. The van der Waals surface area contributed by atoms with Crippen molar-refractivity contribution < 1.29 is 4.79 Å². The number of hydrogen-bond acceptors (Lipinski definition) is 2. The lowest BCUT2D eigenvalue weighted by atomic mass is 10.1. The van der Waals surface area contributed by atoms with Crippen molar-refractivity contribution in [3.8, 4) is 0 Å². The van der Waals surface area contributed by atoms with E-state index in [1.165, 1.54) is 24.9 Å². The Labute approximate surface area is 103 Å². The zero-order valence-corrected chi connectivity index (χ0v) is 10.4. The summed E-state index contributed by atoms with van der Waals surface area (Å²) in [5, 5.41) is 2.83. The summed E-state index contributed by atoms with van der Waals surface area (Å²) in [6, 6.07) is 7.93. The van der Waals surface area contributed by atoms with Gasteiger partial charge in [0.1, 0.15) is 0 Å². The Morgan fingerprint density at radius 2 is 2.06 bits per heavy atom. The van der Waals surface area contributed by atoms with Crippen molar-refractivity contribution in [1.29, 1.82) is 0 Å². The molecule has 0 aliphatic carbocycles. The zero-order valence-electron chi connectivity index (χ0n) is 10.4. The SMILES string of the molecule is CCNC(=O)c1cccc(N2CCCCC2)c1. The van der Waals surface area contributed by atoms with Crippen LogP contribution in [0.4, 0.5) is 5.69 Å². The minimum absolute atomic E-state index is 0.0198. The van der Waals surface area contributed by atoms with E-state index in [-0.39, 0.29) is 5.91 Å². The van der Waals surface area contributed by atoms with Crippen LogP contribution in [0.2, 0.25) is 0 Å². The summed E-state index contributed by atoms with van der Waals surface area (Å²) in [5.74, 6) is 0.0198. The molecule has 1 aliphatic heterocycles. The Kier molecular flexibility index (Phi) is 4.02. The molecule has 2 rings (SSSR count).